The summed E-state index contributed by atoms with van der Waals surface area (Å²) in [4.78, 5) is 11.8. The van der Waals surface area contributed by atoms with E-state index in [-0.39, 0.29) is 10.3 Å². The maximum absolute atomic E-state index is 11.8. The highest BCUT2D eigenvalue weighted by atomic mass is 35.7. The van der Waals surface area contributed by atoms with Crippen molar-refractivity contribution in [2.75, 3.05) is 0 Å². The van der Waals surface area contributed by atoms with E-state index in [0.29, 0.717) is 11.1 Å². The SMILES string of the molecule is Cc1c(C(=O)OC2CCC2)csc1S(=O)(=O)Cl. The van der Waals surface area contributed by atoms with Crippen LogP contribution in [0.15, 0.2) is 9.59 Å². The Morgan fingerprint density at radius 1 is 1.53 bits per heavy atom. The molecule has 0 atom stereocenters. The lowest BCUT2D eigenvalue weighted by atomic mass is 9.96. The second-order valence-corrected chi connectivity index (χ2v) is 7.60. The molecule has 1 aliphatic rings. The number of hydrogen-bond acceptors (Lipinski definition) is 5. The van der Waals surface area contributed by atoms with Gasteiger partial charge in [0.05, 0.1) is 5.56 Å². The average Bonchev–Trinajstić information content (AvgIpc) is 2.52. The van der Waals surface area contributed by atoms with E-state index in [4.69, 9.17) is 15.4 Å². The van der Waals surface area contributed by atoms with Crippen LogP contribution < -0.4 is 0 Å². The van der Waals surface area contributed by atoms with Crippen molar-refractivity contribution < 1.29 is 17.9 Å². The van der Waals surface area contributed by atoms with E-state index in [9.17, 15) is 13.2 Å². The van der Waals surface area contributed by atoms with Crippen molar-refractivity contribution in [2.45, 2.75) is 36.5 Å². The van der Waals surface area contributed by atoms with Gasteiger partial charge >= 0.3 is 5.97 Å². The Labute approximate surface area is 108 Å². The summed E-state index contributed by atoms with van der Waals surface area (Å²) < 4.78 is 27.6. The minimum Gasteiger partial charge on any atom is -0.459 e. The molecular formula is C10H11ClO4S2. The first-order valence-corrected chi connectivity index (χ1v) is 8.32. The van der Waals surface area contributed by atoms with Gasteiger partial charge in [-0.2, -0.15) is 0 Å². The maximum Gasteiger partial charge on any atom is 0.339 e. The number of rotatable bonds is 3. The van der Waals surface area contributed by atoms with Gasteiger partial charge in [0.1, 0.15) is 10.3 Å². The van der Waals surface area contributed by atoms with E-state index in [1.54, 1.807) is 6.92 Å². The van der Waals surface area contributed by atoms with E-state index in [2.05, 4.69) is 0 Å². The zero-order valence-corrected chi connectivity index (χ0v) is 11.5. The van der Waals surface area contributed by atoms with E-state index < -0.39 is 15.0 Å². The maximum atomic E-state index is 11.8. The fourth-order valence-electron chi connectivity index (χ4n) is 1.54. The van der Waals surface area contributed by atoms with E-state index in [1.807, 2.05) is 0 Å². The minimum atomic E-state index is -3.78. The van der Waals surface area contributed by atoms with Crippen molar-refractivity contribution in [3.05, 3.63) is 16.5 Å². The molecule has 1 aromatic heterocycles. The van der Waals surface area contributed by atoms with Gasteiger partial charge in [0.15, 0.2) is 0 Å². The summed E-state index contributed by atoms with van der Waals surface area (Å²) in [6, 6.07) is 0. The third-order valence-electron chi connectivity index (χ3n) is 2.76. The molecule has 17 heavy (non-hydrogen) atoms. The fourth-order valence-corrected chi connectivity index (χ4v) is 4.08. The quantitative estimate of drug-likeness (QED) is 0.635. The van der Waals surface area contributed by atoms with Crippen molar-refractivity contribution in [1.82, 2.24) is 0 Å². The second kappa shape index (κ2) is 4.59. The molecule has 4 nitrogen and oxygen atoms in total. The highest BCUT2D eigenvalue weighted by molar-refractivity contribution is 8.15. The van der Waals surface area contributed by atoms with Crippen LogP contribution in [0.2, 0.25) is 0 Å². The molecule has 1 aromatic rings. The molecule has 0 N–H and O–H groups in total. The fraction of sp³-hybridized carbons (Fsp3) is 0.500. The number of hydrogen-bond donors (Lipinski definition) is 0. The Hall–Kier alpha value is -0.590. The predicted molar refractivity (Wildman–Crippen MR) is 65.1 cm³/mol. The number of carbonyl (C=O) groups excluding carboxylic acids is 1. The lowest BCUT2D eigenvalue weighted by Gasteiger charge is -2.25. The molecule has 1 fully saturated rings. The minimum absolute atomic E-state index is 0.0136. The Kier molecular flexibility index (Phi) is 3.47. The van der Waals surface area contributed by atoms with Crippen LogP contribution in [-0.4, -0.2) is 20.5 Å². The molecule has 0 amide bonds. The Morgan fingerprint density at radius 2 is 2.18 bits per heavy atom. The van der Waals surface area contributed by atoms with Gasteiger partial charge in [-0.15, -0.1) is 11.3 Å². The molecule has 0 aliphatic heterocycles. The van der Waals surface area contributed by atoms with Crippen LogP contribution in [0.4, 0.5) is 0 Å². The van der Waals surface area contributed by atoms with Crippen LogP contribution in [-0.2, 0) is 13.8 Å². The van der Waals surface area contributed by atoms with Gasteiger partial charge in [-0.1, -0.05) is 0 Å². The predicted octanol–water partition coefficient (Wildman–Crippen LogP) is 2.69. The Morgan fingerprint density at radius 3 is 2.59 bits per heavy atom. The van der Waals surface area contributed by atoms with Crippen molar-refractivity contribution >= 4 is 37.0 Å². The molecule has 1 aliphatic carbocycles. The third kappa shape index (κ3) is 2.64. The first-order chi connectivity index (χ1) is 7.89. The largest absolute Gasteiger partial charge is 0.459 e. The first kappa shape index (κ1) is 12.9. The molecule has 0 radical (unpaired) electrons. The molecule has 1 heterocycles. The van der Waals surface area contributed by atoms with Crippen LogP contribution in [0.5, 0.6) is 0 Å². The summed E-state index contributed by atoms with van der Waals surface area (Å²) in [6.07, 6.45) is 2.82. The third-order valence-corrected chi connectivity index (χ3v) is 6.07. The van der Waals surface area contributed by atoms with Gasteiger partial charge in [0, 0.05) is 16.1 Å². The van der Waals surface area contributed by atoms with E-state index in [1.165, 1.54) is 5.38 Å². The van der Waals surface area contributed by atoms with Gasteiger partial charge < -0.3 is 4.74 Å². The molecule has 1 saturated carbocycles. The number of ether oxygens (including phenoxy) is 1. The number of halogens is 1. The van der Waals surface area contributed by atoms with Crippen LogP contribution in [0.3, 0.4) is 0 Å². The summed E-state index contributed by atoms with van der Waals surface area (Å²) in [7, 11) is 1.47. The number of thiophene rings is 1. The molecule has 0 aromatic carbocycles. The number of esters is 1. The van der Waals surface area contributed by atoms with Crippen LogP contribution in [0.25, 0.3) is 0 Å². The van der Waals surface area contributed by atoms with Crippen molar-refractivity contribution in [3.63, 3.8) is 0 Å². The normalized spacial score (nSPS) is 16.6. The van der Waals surface area contributed by atoms with Gasteiger partial charge in [-0.05, 0) is 31.7 Å². The summed E-state index contributed by atoms with van der Waals surface area (Å²) in [5, 5.41) is 1.48. The lowest BCUT2D eigenvalue weighted by Crippen LogP contribution is -2.25. The Balaban J connectivity index is 2.21. The summed E-state index contributed by atoms with van der Waals surface area (Å²) in [6.45, 7) is 1.56. The second-order valence-electron chi connectivity index (χ2n) is 3.96. The molecule has 0 spiro atoms. The van der Waals surface area contributed by atoms with Crippen molar-refractivity contribution in [2.24, 2.45) is 0 Å². The molecular weight excluding hydrogens is 284 g/mol. The standard InChI is InChI=1S/C10H11ClO4S2/c1-6-8(5-16-10(6)17(11,13)14)9(12)15-7-3-2-4-7/h5,7H,2-4H2,1H3. The summed E-state index contributed by atoms with van der Waals surface area (Å²) >= 11 is 0.943. The molecule has 2 rings (SSSR count). The molecule has 7 heteroatoms. The number of carbonyl (C=O) groups is 1. The van der Waals surface area contributed by atoms with Crippen LogP contribution >= 0.6 is 22.0 Å². The Bertz CT molecular complexity index is 543. The van der Waals surface area contributed by atoms with Gasteiger partial charge in [-0.25, -0.2) is 13.2 Å². The zero-order valence-electron chi connectivity index (χ0n) is 9.10. The molecule has 0 saturated heterocycles. The lowest BCUT2D eigenvalue weighted by molar-refractivity contribution is 0.00898. The van der Waals surface area contributed by atoms with Crippen LogP contribution in [0, 0.1) is 6.92 Å². The van der Waals surface area contributed by atoms with Gasteiger partial charge in [0.25, 0.3) is 9.05 Å². The molecule has 0 unspecified atom stereocenters. The van der Waals surface area contributed by atoms with Crippen molar-refractivity contribution in [1.29, 1.82) is 0 Å². The van der Waals surface area contributed by atoms with Gasteiger partial charge in [-0.3, -0.25) is 0 Å². The van der Waals surface area contributed by atoms with Gasteiger partial charge in [0.2, 0.25) is 0 Å². The highest BCUT2D eigenvalue weighted by Crippen LogP contribution is 2.31. The van der Waals surface area contributed by atoms with E-state index in [0.717, 1.165) is 30.6 Å². The van der Waals surface area contributed by atoms with E-state index >= 15 is 0 Å². The van der Waals surface area contributed by atoms with Crippen molar-refractivity contribution in [3.8, 4) is 0 Å². The summed E-state index contributed by atoms with van der Waals surface area (Å²) in [5.41, 5.74) is 0.662. The topological polar surface area (TPSA) is 60.4 Å². The summed E-state index contributed by atoms with van der Waals surface area (Å²) in [5.74, 6) is -0.463. The average molecular weight is 295 g/mol. The smallest absolute Gasteiger partial charge is 0.339 e. The monoisotopic (exact) mass is 294 g/mol. The van der Waals surface area contributed by atoms with Crippen LogP contribution in [0.1, 0.15) is 35.2 Å². The first-order valence-electron chi connectivity index (χ1n) is 5.13. The molecule has 94 valence electrons. The zero-order chi connectivity index (χ0) is 12.6. The molecule has 0 bridgehead atoms. The highest BCUT2D eigenvalue weighted by Gasteiger charge is 2.26.